The van der Waals surface area contributed by atoms with Gasteiger partial charge in [-0.25, -0.2) is 13.2 Å². The topological polar surface area (TPSA) is 20.2 Å². The molecular weight excluding hydrogens is 265 g/mol. The van der Waals surface area contributed by atoms with E-state index in [4.69, 9.17) is 11.6 Å². The molecule has 2 aromatic rings. The number of benzene rings is 2. The zero-order chi connectivity index (χ0) is 13.4. The summed E-state index contributed by atoms with van der Waals surface area (Å²) >= 11 is 5.56. The van der Waals surface area contributed by atoms with Gasteiger partial charge in [0.15, 0.2) is 11.6 Å². The van der Waals surface area contributed by atoms with E-state index in [2.05, 4.69) is 0 Å². The van der Waals surface area contributed by atoms with Crippen LogP contribution in [-0.4, -0.2) is 5.11 Å². The molecule has 0 aliphatic carbocycles. The third kappa shape index (κ3) is 2.04. The van der Waals surface area contributed by atoms with E-state index in [9.17, 15) is 18.3 Å². The molecule has 2 rings (SSSR count). The maximum absolute atomic E-state index is 13.7. The Morgan fingerprint density at radius 3 is 2.33 bits per heavy atom. The van der Waals surface area contributed by atoms with Crippen molar-refractivity contribution in [3.05, 3.63) is 52.3 Å². The summed E-state index contributed by atoms with van der Waals surface area (Å²) in [5.74, 6) is -3.44. The van der Waals surface area contributed by atoms with E-state index < -0.39 is 23.2 Å². The van der Waals surface area contributed by atoms with Crippen molar-refractivity contribution in [2.45, 2.75) is 6.92 Å². The Morgan fingerprint density at radius 1 is 1.00 bits per heavy atom. The molecule has 0 fully saturated rings. The lowest BCUT2D eigenvalue weighted by Crippen LogP contribution is -1.94. The third-order valence-corrected chi connectivity index (χ3v) is 2.89. The molecule has 0 spiro atoms. The van der Waals surface area contributed by atoms with E-state index in [0.29, 0.717) is 0 Å². The van der Waals surface area contributed by atoms with Crippen molar-refractivity contribution in [3.63, 3.8) is 0 Å². The van der Waals surface area contributed by atoms with Crippen molar-refractivity contribution in [2.24, 2.45) is 0 Å². The van der Waals surface area contributed by atoms with Gasteiger partial charge in [0.2, 0.25) is 0 Å². The second-order valence-electron chi connectivity index (χ2n) is 3.84. The molecule has 18 heavy (non-hydrogen) atoms. The normalized spacial score (nSPS) is 10.7. The summed E-state index contributed by atoms with van der Waals surface area (Å²) in [7, 11) is 0. The Morgan fingerprint density at radius 2 is 1.67 bits per heavy atom. The minimum Gasteiger partial charge on any atom is -0.507 e. The maximum Gasteiger partial charge on any atom is 0.167 e. The molecule has 0 aliphatic rings. The van der Waals surface area contributed by atoms with E-state index in [0.717, 1.165) is 12.1 Å². The number of hydrogen-bond donors (Lipinski definition) is 1. The van der Waals surface area contributed by atoms with E-state index in [1.807, 2.05) is 0 Å². The smallest absolute Gasteiger partial charge is 0.167 e. The van der Waals surface area contributed by atoms with Crippen LogP contribution in [0.4, 0.5) is 13.2 Å². The van der Waals surface area contributed by atoms with Gasteiger partial charge in [-0.05, 0) is 18.6 Å². The fourth-order valence-corrected chi connectivity index (χ4v) is 1.77. The first-order valence-corrected chi connectivity index (χ1v) is 5.42. The standard InChI is InChI=1S/C13H8ClF3O/c1-6-2-3-7(13(17)12(6)16)8-4-9(14)10(15)5-11(8)18/h2-5,18H,1H3. The highest BCUT2D eigenvalue weighted by molar-refractivity contribution is 6.31. The molecule has 1 nitrogen and oxygen atoms in total. The maximum atomic E-state index is 13.7. The fourth-order valence-electron chi connectivity index (χ4n) is 1.61. The van der Waals surface area contributed by atoms with Gasteiger partial charge in [0, 0.05) is 17.2 Å². The number of rotatable bonds is 1. The molecule has 0 aliphatic heterocycles. The molecule has 0 amide bonds. The van der Waals surface area contributed by atoms with Crippen molar-refractivity contribution >= 4 is 11.6 Å². The van der Waals surface area contributed by atoms with Crippen molar-refractivity contribution in [2.75, 3.05) is 0 Å². The number of aromatic hydroxyl groups is 1. The molecule has 0 heterocycles. The number of hydrogen-bond acceptors (Lipinski definition) is 1. The largest absolute Gasteiger partial charge is 0.507 e. The fraction of sp³-hybridized carbons (Fsp3) is 0.0769. The minimum atomic E-state index is -1.10. The summed E-state index contributed by atoms with van der Waals surface area (Å²) in [6.45, 7) is 1.42. The summed E-state index contributed by atoms with van der Waals surface area (Å²) in [5, 5.41) is 9.29. The van der Waals surface area contributed by atoms with Gasteiger partial charge in [-0.2, -0.15) is 0 Å². The summed E-state index contributed by atoms with van der Waals surface area (Å²) < 4.78 is 40.2. The first-order valence-electron chi connectivity index (χ1n) is 5.04. The molecule has 2 aromatic carbocycles. The zero-order valence-corrected chi connectivity index (χ0v) is 10.0. The Bertz CT molecular complexity index is 626. The van der Waals surface area contributed by atoms with E-state index in [1.165, 1.54) is 19.1 Å². The molecule has 0 unspecified atom stereocenters. The lowest BCUT2D eigenvalue weighted by atomic mass is 10.0. The van der Waals surface area contributed by atoms with Crippen LogP contribution in [0.2, 0.25) is 5.02 Å². The van der Waals surface area contributed by atoms with Crippen LogP contribution < -0.4 is 0 Å². The molecular formula is C13H8ClF3O. The van der Waals surface area contributed by atoms with Crippen LogP contribution in [0.5, 0.6) is 5.75 Å². The van der Waals surface area contributed by atoms with Crippen LogP contribution in [0.15, 0.2) is 24.3 Å². The Hall–Kier alpha value is -1.68. The molecule has 0 saturated carbocycles. The van der Waals surface area contributed by atoms with Crippen LogP contribution in [0.1, 0.15) is 5.56 Å². The van der Waals surface area contributed by atoms with Crippen molar-refractivity contribution in [1.82, 2.24) is 0 Å². The molecule has 0 bridgehead atoms. The molecule has 0 aromatic heterocycles. The Balaban J connectivity index is 2.70. The predicted octanol–water partition coefficient (Wildman–Crippen LogP) is 4.44. The number of phenolic OH excluding ortho intramolecular Hbond substituents is 1. The molecule has 1 N–H and O–H groups in total. The van der Waals surface area contributed by atoms with Crippen molar-refractivity contribution in [3.8, 4) is 16.9 Å². The minimum absolute atomic E-state index is 0.0576. The van der Waals surface area contributed by atoms with Crippen molar-refractivity contribution in [1.29, 1.82) is 0 Å². The summed E-state index contributed by atoms with van der Waals surface area (Å²) in [4.78, 5) is 0. The lowest BCUT2D eigenvalue weighted by Gasteiger charge is -2.09. The first kappa shape index (κ1) is 12.8. The lowest BCUT2D eigenvalue weighted by molar-refractivity contribution is 0.469. The third-order valence-electron chi connectivity index (χ3n) is 2.60. The summed E-state index contributed by atoms with van der Waals surface area (Å²) in [5.41, 5.74) is -0.0840. The highest BCUT2D eigenvalue weighted by Crippen LogP contribution is 2.35. The summed E-state index contributed by atoms with van der Waals surface area (Å²) in [6, 6.07) is 4.48. The van der Waals surface area contributed by atoms with Gasteiger partial charge in [0.05, 0.1) is 5.02 Å². The van der Waals surface area contributed by atoms with Crippen LogP contribution in [0.3, 0.4) is 0 Å². The molecule has 0 radical (unpaired) electrons. The highest BCUT2D eigenvalue weighted by Gasteiger charge is 2.17. The quantitative estimate of drug-likeness (QED) is 0.814. The predicted molar refractivity (Wildman–Crippen MR) is 63.2 cm³/mol. The van der Waals surface area contributed by atoms with Gasteiger partial charge in [-0.15, -0.1) is 0 Å². The molecule has 0 atom stereocenters. The van der Waals surface area contributed by atoms with Gasteiger partial charge in [0.1, 0.15) is 11.6 Å². The van der Waals surface area contributed by atoms with Gasteiger partial charge in [0.25, 0.3) is 0 Å². The SMILES string of the molecule is Cc1ccc(-c2cc(Cl)c(F)cc2O)c(F)c1F. The average molecular weight is 273 g/mol. The molecule has 0 saturated heterocycles. The number of phenols is 1. The first-order chi connectivity index (χ1) is 8.41. The Kier molecular flexibility index (Phi) is 3.22. The highest BCUT2D eigenvalue weighted by atomic mass is 35.5. The second kappa shape index (κ2) is 4.53. The van der Waals surface area contributed by atoms with Crippen LogP contribution >= 0.6 is 11.6 Å². The number of aryl methyl sites for hydroxylation is 1. The van der Waals surface area contributed by atoms with E-state index in [-0.39, 0.29) is 21.7 Å². The van der Waals surface area contributed by atoms with Gasteiger partial charge in [-0.1, -0.05) is 23.7 Å². The zero-order valence-electron chi connectivity index (χ0n) is 9.27. The van der Waals surface area contributed by atoms with Gasteiger partial charge < -0.3 is 5.11 Å². The molecule has 94 valence electrons. The molecule has 5 heteroatoms. The van der Waals surface area contributed by atoms with Crippen LogP contribution in [-0.2, 0) is 0 Å². The van der Waals surface area contributed by atoms with Crippen LogP contribution in [0.25, 0.3) is 11.1 Å². The van der Waals surface area contributed by atoms with Gasteiger partial charge in [-0.3, -0.25) is 0 Å². The Labute approximate surface area is 106 Å². The second-order valence-corrected chi connectivity index (χ2v) is 4.25. The monoisotopic (exact) mass is 272 g/mol. The van der Waals surface area contributed by atoms with Crippen LogP contribution in [0, 0.1) is 24.4 Å². The van der Waals surface area contributed by atoms with E-state index in [1.54, 1.807) is 0 Å². The summed E-state index contributed by atoms with van der Waals surface area (Å²) in [6.07, 6.45) is 0. The van der Waals surface area contributed by atoms with Crippen molar-refractivity contribution < 1.29 is 18.3 Å². The van der Waals surface area contributed by atoms with E-state index >= 15 is 0 Å². The average Bonchev–Trinajstić information content (AvgIpc) is 2.32. The van der Waals surface area contributed by atoms with Gasteiger partial charge >= 0.3 is 0 Å². The number of halogens is 4.